The van der Waals surface area contributed by atoms with Gasteiger partial charge in [-0.05, 0) is 63.0 Å². The fourth-order valence-electron chi connectivity index (χ4n) is 1.80. The van der Waals surface area contributed by atoms with Crippen LogP contribution in [0, 0.1) is 12.3 Å². The average molecular weight is 284 g/mol. The Hall–Kier alpha value is -0.610. The molecule has 0 aliphatic carbocycles. The first-order chi connectivity index (χ1) is 8.31. The van der Waals surface area contributed by atoms with Crippen molar-refractivity contribution >= 4 is 29.5 Å². The zero-order valence-electron chi connectivity index (χ0n) is 11.5. The SMILES string of the molecule is CSc1cc(CC(C)(C)C(=O)O)c(SC)cc1C. The van der Waals surface area contributed by atoms with Gasteiger partial charge in [0.15, 0.2) is 0 Å². The van der Waals surface area contributed by atoms with Crippen LogP contribution in [0.1, 0.15) is 25.0 Å². The standard InChI is InChI=1S/C14H20O2S2/c1-9-6-12(18-5)10(7-11(9)17-4)8-14(2,3)13(15)16/h6-7H,8H2,1-5H3,(H,15,16). The minimum Gasteiger partial charge on any atom is -0.481 e. The molecule has 0 fully saturated rings. The van der Waals surface area contributed by atoms with Gasteiger partial charge >= 0.3 is 5.97 Å². The molecule has 1 aromatic carbocycles. The molecule has 2 nitrogen and oxygen atoms in total. The number of hydrogen-bond donors (Lipinski definition) is 1. The van der Waals surface area contributed by atoms with E-state index in [1.165, 1.54) is 15.4 Å². The number of carboxylic acid groups (broad SMARTS) is 1. The van der Waals surface area contributed by atoms with Gasteiger partial charge in [0.25, 0.3) is 0 Å². The molecule has 0 spiro atoms. The maximum atomic E-state index is 11.2. The van der Waals surface area contributed by atoms with Gasteiger partial charge in [-0.15, -0.1) is 23.5 Å². The number of thioether (sulfide) groups is 2. The average Bonchev–Trinajstić information content (AvgIpc) is 2.30. The van der Waals surface area contributed by atoms with Gasteiger partial charge in [-0.3, -0.25) is 4.79 Å². The zero-order valence-corrected chi connectivity index (χ0v) is 13.2. The van der Waals surface area contributed by atoms with Gasteiger partial charge in [0, 0.05) is 9.79 Å². The molecule has 0 saturated carbocycles. The molecule has 0 aliphatic rings. The van der Waals surface area contributed by atoms with Crippen LogP contribution < -0.4 is 0 Å². The summed E-state index contributed by atoms with van der Waals surface area (Å²) in [5, 5.41) is 9.24. The van der Waals surface area contributed by atoms with Gasteiger partial charge < -0.3 is 5.11 Å². The predicted molar refractivity (Wildman–Crippen MR) is 79.9 cm³/mol. The minimum atomic E-state index is -0.749. The minimum absolute atomic E-state index is 0.562. The first-order valence-corrected chi connectivity index (χ1v) is 8.21. The van der Waals surface area contributed by atoms with Crippen molar-refractivity contribution in [3.63, 3.8) is 0 Å². The molecule has 1 N–H and O–H groups in total. The van der Waals surface area contributed by atoms with E-state index >= 15 is 0 Å². The van der Waals surface area contributed by atoms with Crippen LogP contribution in [0.5, 0.6) is 0 Å². The molecule has 0 heterocycles. The maximum Gasteiger partial charge on any atom is 0.309 e. The van der Waals surface area contributed by atoms with Crippen LogP contribution in [0.2, 0.25) is 0 Å². The molecule has 18 heavy (non-hydrogen) atoms. The van der Waals surface area contributed by atoms with Crippen molar-refractivity contribution in [2.24, 2.45) is 5.41 Å². The van der Waals surface area contributed by atoms with E-state index in [2.05, 4.69) is 19.1 Å². The molecule has 4 heteroatoms. The van der Waals surface area contributed by atoms with Crippen molar-refractivity contribution < 1.29 is 9.90 Å². The molecular weight excluding hydrogens is 264 g/mol. The summed E-state index contributed by atoms with van der Waals surface area (Å²) in [7, 11) is 0. The second-order valence-corrected chi connectivity index (χ2v) is 6.70. The number of benzene rings is 1. The highest BCUT2D eigenvalue weighted by molar-refractivity contribution is 7.99. The molecule has 0 amide bonds. The van der Waals surface area contributed by atoms with Gasteiger partial charge in [-0.25, -0.2) is 0 Å². The third kappa shape index (κ3) is 3.45. The summed E-state index contributed by atoms with van der Waals surface area (Å²) < 4.78 is 0. The van der Waals surface area contributed by atoms with E-state index in [1.54, 1.807) is 37.4 Å². The first-order valence-electron chi connectivity index (χ1n) is 5.76. The summed E-state index contributed by atoms with van der Waals surface area (Å²) in [6.45, 7) is 5.65. The number of rotatable bonds is 5. The van der Waals surface area contributed by atoms with Crippen molar-refractivity contribution in [2.75, 3.05) is 12.5 Å². The van der Waals surface area contributed by atoms with Crippen molar-refractivity contribution in [2.45, 2.75) is 37.0 Å². The van der Waals surface area contributed by atoms with Gasteiger partial charge in [0.05, 0.1) is 5.41 Å². The lowest BCUT2D eigenvalue weighted by Crippen LogP contribution is -2.26. The summed E-state index contributed by atoms with van der Waals surface area (Å²) in [6, 6.07) is 4.29. The third-order valence-corrected chi connectivity index (χ3v) is 4.71. The van der Waals surface area contributed by atoms with E-state index in [9.17, 15) is 9.90 Å². The number of carbonyl (C=O) groups is 1. The van der Waals surface area contributed by atoms with Crippen molar-refractivity contribution in [1.29, 1.82) is 0 Å². The van der Waals surface area contributed by atoms with Crippen LogP contribution in [0.25, 0.3) is 0 Å². The second kappa shape index (κ2) is 6.02. The van der Waals surface area contributed by atoms with Crippen molar-refractivity contribution in [3.8, 4) is 0 Å². The first kappa shape index (κ1) is 15.4. The van der Waals surface area contributed by atoms with Crippen LogP contribution in [0.15, 0.2) is 21.9 Å². The van der Waals surface area contributed by atoms with E-state index in [-0.39, 0.29) is 0 Å². The van der Waals surface area contributed by atoms with E-state index in [0.717, 1.165) is 5.56 Å². The summed E-state index contributed by atoms with van der Waals surface area (Å²) >= 11 is 3.39. The van der Waals surface area contributed by atoms with Crippen LogP contribution in [-0.4, -0.2) is 23.6 Å². The number of aliphatic carboxylic acids is 1. The molecular formula is C14H20O2S2. The zero-order chi connectivity index (χ0) is 13.9. The highest BCUT2D eigenvalue weighted by Gasteiger charge is 2.28. The monoisotopic (exact) mass is 284 g/mol. The van der Waals surface area contributed by atoms with Gasteiger partial charge in [0.2, 0.25) is 0 Å². The Labute approximate surface area is 118 Å². The third-order valence-electron chi connectivity index (χ3n) is 3.01. The normalized spacial score (nSPS) is 11.6. The Kier molecular flexibility index (Phi) is 5.17. The fraction of sp³-hybridized carbons (Fsp3) is 0.500. The van der Waals surface area contributed by atoms with Crippen LogP contribution in [-0.2, 0) is 11.2 Å². The molecule has 0 saturated heterocycles. The maximum absolute atomic E-state index is 11.2. The Morgan fingerprint density at radius 1 is 1.22 bits per heavy atom. The summed E-state index contributed by atoms with van der Waals surface area (Å²) in [5.41, 5.74) is 1.66. The summed E-state index contributed by atoms with van der Waals surface area (Å²) in [6.07, 6.45) is 4.64. The molecule has 1 rings (SSSR count). The molecule has 0 aromatic heterocycles. The quantitative estimate of drug-likeness (QED) is 0.826. The van der Waals surface area contributed by atoms with E-state index in [0.29, 0.717) is 6.42 Å². The summed E-state index contributed by atoms with van der Waals surface area (Å²) in [4.78, 5) is 13.6. The Morgan fingerprint density at radius 3 is 2.22 bits per heavy atom. The number of hydrogen-bond acceptors (Lipinski definition) is 3. The number of carboxylic acids is 1. The summed E-state index contributed by atoms with van der Waals surface area (Å²) in [5.74, 6) is -0.749. The number of aryl methyl sites for hydroxylation is 1. The molecule has 100 valence electrons. The predicted octanol–water partition coefficient (Wildman–Crippen LogP) is 4.09. The topological polar surface area (TPSA) is 37.3 Å². The lowest BCUT2D eigenvalue weighted by molar-refractivity contribution is -0.146. The molecule has 0 radical (unpaired) electrons. The Balaban J connectivity index is 3.18. The highest BCUT2D eigenvalue weighted by Crippen LogP contribution is 2.33. The van der Waals surface area contributed by atoms with E-state index in [4.69, 9.17) is 0 Å². The molecule has 0 atom stereocenters. The molecule has 0 aliphatic heterocycles. The fourth-order valence-corrected chi connectivity index (χ4v) is 3.13. The lowest BCUT2D eigenvalue weighted by Gasteiger charge is -2.21. The molecule has 0 bridgehead atoms. The van der Waals surface area contributed by atoms with Crippen LogP contribution in [0.4, 0.5) is 0 Å². The van der Waals surface area contributed by atoms with Gasteiger partial charge in [-0.1, -0.05) is 0 Å². The van der Waals surface area contributed by atoms with E-state index < -0.39 is 11.4 Å². The van der Waals surface area contributed by atoms with E-state index in [1.807, 2.05) is 12.5 Å². The molecule has 0 unspecified atom stereocenters. The highest BCUT2D eigenvalue weighted by atomic mass is 32.2. The van der Waals surface area contributed by atoms with Crippen molar-refractivity contribution in [3.05, 3.63) is 23.3 Å². The van der Waals surface area contributed by atoms with Crippen molar-refractivity contribution in [1.82, 2.24) is 0 Å². The lowest BCUT2D eigenvalue weighted by atomic mass is 9.86. The Bertz CT molecular complexity index is 453. The smallest absolute Gasteiger partial charge is 0.309 e. The Morgan fingerprint density at radius 2 is 1.78 bits per heavy atom. The van der Waals surface area contributed by atoms with Gasteiger partial charge in [0.1, 0.15) is 0 Å². The second-order valence-electron chi connectivity index (χ2n) is 5.00. The largest absolute Gasteiger partial charge is 0.481 e. The van der Waals surface area contributed by atoms with Crippen LogP contribution in [0.3, 0.4) is 0 Å². The van der Waals surface area contributed by atoms with Crippen LogP contribution >= 0.6 is 23.5 Å². The molecule has 1 aromatic rings. The van der Waals surface area contributed by atoms with Gasteiger partial charge in [-0.2, -0.15) is 0 Å².